The van der Waals surface area contributed by atoms with E-state index in [1.807, 2.05) is 0 Å². The van der Waals surface area contributed by atoms with Crippen molar-refractivity contribution < 1.29 is 28.6 Å². The van der Waals surface area contributed by atoms with Crippen molar-refractivity contribution in [3.05, 3.63) is 18.2 Å². The average molecular weight is 328 g/mol. The van der Waals surface area contributed by atoms with Gasteiger partial charge in [-0.05, 0) is 18.5 Å². The molecule has 0 radical (unpaired) electrons. The van der Waals surface area contributed by atoms with E-state index >= 15 is 0 Å². The lowest BCUT2D eigenvalue weighted by molar-refractivity contribution is 0.172. The topological polar surface area (TPSA) is 78.9 Å². The zero-order chi connectivity index (χ0) is 16.3. The van der Waals surface area contributed by atoms with Gasteiger partial charge in [0.05, 0.1) is 39.6 Å². The van der Waals surface area contributed by atoms with Crippen LogP contribution in [0.2, 0.25) is 0 Å². The Balaban J connectivity index is 3.92. The fourth-order valence-electron chi connectivity index (χ4n) is 1.45. The van der Waals surface area contributed by atoms with Crippen molar-refractivity contribution in [2.75, 3.05) is 58.1 Å². The van der Waals surface area contributed by atoms with Gasteiger partial charge >= 0.3 is 0 Å². The minimum Gasteiger partial charge on any atom is -0.376 e. The van der Waals surface area contributed by atoms with Crippen LogP contribution in [0.5, 0.6) is 0 Å². The van der Waals surface area contributed by atoms with Crippen LogP contribution in [0.15, 0.2) is 18.2 Å². The summed E-state index contributed by atoms with van der Waals surface area (Å²) in [5.74, 6) is 4.98. The zero-order valence-electron chi connectivity index (χ0n) is 12.5. The quantitative estimate of drug-likeness (QED) is 0.250. The number of ether oxygens (including phenoxy) is 3. The van der Waals surface area contributed by atoms with E-state index in [1.54, 1.807) is 17.8 Å². The average Bonchev–Trinajstić information content (AvgIpc) is 2.53. The maximum Gasteiger partial charge on any atom is 0.122 e. The van der Waals surface area contributed by atoms with Crippen LogP contribution in [-0.2, 0) is 28.6 Å². The summed E-state index contributed by atoms with van der Waals surface area (Å²) in [6.07, 6.45) is 6.52. The Morgan fingerprint density at radius 1 is 0.636 bits per heavy atom. The minimum absolute atomic E-state index is 0.272. The summed E-state index contributed by atoms with van der Waals surface area (Å²) in [4.78, 5) is 30.0. The summed E-state index contributed by atoms with van der Waals surface area (Å²) in [6.45, 7) is 2.50. The molecule has 22 heavy (non-hydrogen) atoms. The summed E-state index contributed by atoms with van der Waals surface area (Å²) >= 11 is 0. The summed E-state index contributed by atoms with van der Waals surface area (Å²) in [7, 11) is -0.336. The second-order valence-corrected chi connectivity index (χ2v) is 6.72. The van der Waals surface area contributed by atoms with Gasteiger partial charge in [0.15, 0.2) is 0 Å². The molecule has 0 N–H and O–H groups in total. The zero-order valence-corrected chi connectivity index (χ0v) is 13.4. The molecule has 6 nitrogen and oxygen atoms in total. The fourth-order valence-corrected chi connectivity index (χ4v) is 3.28. The number of hydrogen-bond acceptors (Lipinski definition) is 6. The van der Waals surface area contributed by atoms with E-state index in [1.165, 1.54) is 18.2 Å². The van der Waals surface area contributed by atoms with Gasteiger partial charge in [-0.1, -0.05) is 7.92 Å². The van der Waals surface area contributed by atoms with Gasteiger partial charge in [0, 0.05) is 18.2 Å². The van der Waals surface area contributed by atoms with Gasteiger partial charge in [0.25, 0.3) is 0 Å². The lowest BCUT2D eigenvalue weighted by atomic mass is 10.7. The van der Waals surface area contributed by atoms with E-state index in [4.69, 9.17) is 14.2 Å². The summed E-state index contributed by atoms with van der Waals surface area (Å²) in [5, 5.41) is 0. The van der Waals surface area contributed by atoms with Crippen molar-refractivity contribution in [3.8, 4) is 0 Å². The van der Waals surface area contributed by atoms with Crippen LogP contribution >= 0.6 is 7.92 Å². The van der Waals surface area contributed by atoms with Crippen molar-refractivity contribution in [2.24, 2.45) is 0 Å². The van der Waals surface area contributed by atoms with E-state index in [0.717, 1.165) is 18.5 Å². The van der Waals surface area contributed by atoms with Crippen molar-refractivity contribution >= 4 is 25.7 Å². The number of hydrogen-bond donors (Lipinski definition) is 0. The predicted octanol–water partition coefficient (Wildman–Crippen LogP) is 0.681. The van der Waals surface area contributed by atoms with Gasteiger partial charge in [0.1, 0.15) is 17.8 Å². The standard InChI is InChI=1S/C15H21O6P/c16-4-1-7-19-10-13-22(14-11-20-8-2-5-17)15-12-21-9-3-6-18/h1-3H,7-15H2. The molecule has 0 saturated heterocycles. The molecule has 0 heterocycles. The minimum atomic E-state index is -0.336. The Hall–Kier alpha value is -1.34. The lowest BCUT2D eigenvalue weighted by Crippen LogP contribution is -2.10. The fraction of sp³-hybridized carbons (Fsp3) is 0.600. The monoisotopic (exact) mass is 328 g/mol. The van der Waals surface area contributed by atoms with Crippen LogP contribution in [0.25, 0.3) is 0 Å². The van der Waals surface area contributed by atoms with Crippen molar-refractivity contribution in [3.63, 3.8) is 0 Å². The van der Waals surface area contributed by atoms with E-state index in [2.05, 4.69) is 0 Å². The third-order valence-corrected chi connectivity index (χ3v) is 4.95. The highest BCUT2D eigenvalue weighted by molar-refractivity contribution is 7.57. The highest BCUT2D eigenvalue weighted by Gasteiger charge is 2.08. The van der Waals surface area contributed by atoms with Crippen LogP contribution in [0.1, 0.15) is 0 Å². The Kier molecular flexibility index (Phi) is 16.6. The molecule has 0 aliphatic heterocycles. The molecule has 0 aliphatic carbocycles. The summed E-state index contributed by atoms with van der Waals surface area (Å²) < 4.78 is 15.9. The Labute approximate surface area is 131 Å². The van der Waals surface area contributed by atoms with Crippen LogP contribution < -0.4 is 0 Å². The van der Waals surface area contributed by atoms with E-state index in [9.17, 15) is 14.4 Å². The maximum absolute atomic E-state index is 10.0. The van der Waals surface area contributed by atoms with Crippen LogP contribution in [0, 0.1) is 0 Å². The Morgan fingerprint density at radius 2 is 0.955 bits per heavy atom. The van der Waals surface area contributed by atoms with E-state index < -0.39 is 0 Å². The van der Waals surface area contributed by atoms with Gasteiger partial charge in [-0.25, -0.2) is 14.4 Å². The summed E-state index contributed by atoms with van der Waals surface area (Å²) in [6, 6.07) is 0. The van der Waals surface area contributed by atoms with Gasteiger partial charge < -0.3 is 14.2 Å². The highest BCUT2D eigenvalue weighted by atomic mass is 31.1. The molecule has 0 fully saturated rings. The molecule has 0 atom stereocenters. The van der Waals surface area contributed by atoms with Gasteiger partial charge in [-0.3, -0.25) is 0 Å². The van der Waals surface area contributed by atoms with Crippen molar-refractivity contribution in [1.29, 1.82) is 0 Å². The first-order valence-electron chi connectivity index (χ1n) is 6.88. The molecule has 0 amide bonds. The largest absolute Gasteiger partial charge is 0.376 e. The first-order chi connectivity index (χ1) is 10.8. The van der Waals surface area contributed by atoms with E-state index in [0.29, 0.717) is 19.8 Å². The lowest BCUT2D eigenvalue weighted by Gasteiger charge is -2.17. The Morgan fingerprint density at radius 3 is 1.23 bits per heavy atom. The molecular weight excluding hydrogens is 307 g/mol. The van der Waals surface area contributed by atoms with Crippen LogP contribution in [-0.4, -0.2) is 76.0 Å². The van der Waals surface area contributed by atoms with Crippen molar-refractivity contribution in [2.45, 2.75) is 0 Å². The second-order valence-electron chi connectivity index (χ2n) is 4.03. The molecule has 122 valence electrons. The molecule has 0 aromatic heterocycles. The van der Waals surface area contributed by atoms with Gasteiger partial charge in [-0.15, -0.1) is 0 Å². The Bertz CT molecular complexity index is 344. The third-order valence-electron chi connectivity index (χ3n) is 2.51. The van der Waals surface area contributed by atoms with E-state index in [-0.39, 0.29) is 27.7 Å². The summed E-state index contributed by atoms with van der Waals surface area (Å²) in [5.41, 5.74) is 0. The SMILES string of the molecule is O=C=CCOCCP(CCOCC=C=O)CCOCC=C=O. The molecule has 0 aromatic rings. The van der Waals surface area contributed by atoms with Crippen molar-refractivity contribution in [1.82, 2.24) is 0 Å². The third kappa shape index (κ3) is 15.1. The van der Waals surface area contributed by atoms with Gasteiger partial charge in [0.2, 0.25) is 0 Å². The molecule has 0 spiro atoms. The molecule has 0 aliphatic rings. The molecule has 0 saturated carbocycles. The number of carbonyl (C=O) groups excluding carboxylic acids is 3. The molecule has 0 rings (SSSR count). The predicted molar refractivity (Wildman–Crippen MR) is 84.8 cm³/mol. The molecule has 7 heteroatoms. The second kappa shape index (κ2) is 17.7. The first-order valence-corrected chi connectivity index (χ1v) is 8.78. The smallest absolute Gasteiger partial charge is 0.122 e. The van der Waals surface area contributed by atoms with Crippen LogP contribution in [0.4, 0.5) is 0 Å². The van der Waals surface area contributed by atoms with Crippen LogP contribution in [0.3, 0.4) is 0 Å². The molecule has 0 aromatic carbocycles. The molecular formula is C15H21O6P. The molecule has 0 unspecified atom stereocenters. The first kappa shape index (κ1) is 20.7. The molecule has 0 bridgehead atoms. The number of rotatable bonds is 15. The maximum atomic E-state index is 10.0. The normalized spacial score (nSPS) is 10.9. The highest BCUT2D eigenvalue weighted by Crippen LogP contribution is 2.34. The van der Waals surface area contributed by atoms with Gasteiger partial charge in [-0.2, -0.15) is 0 Å².